The average Bonchev–Trinajstić information content (AvgIpc) is 3.07. The normalized spacial score (nSPS) is 20.6. The fraction of sp³-hybridized carbons (Fsp3) is 0.667. The number of rotatable bonds is 7. The number of hydrogen-bond donors (Lipinski definition) is 1. The molecular formula is C18H28N6O4S2. The summed E-state index contributed by atoms with van der Waals surface area (Å²) in [6, 6.07) is 0. The van der Waals surface area contributed by atoms with Crippen LogP contribution in [0.1, 0.15) is 30.8 Å². The van der Waals surface area contributed by atoms with E-state index in [0.717, 1.165) is 11.3 Å². The van der Waals surface area contributed by atoms with Crippen molar-refractivity contribution in [2.45, 2.75) is 51.5 Å². The lowest BCUT2D eigenvalue weighted by Gasteiger charge is -2.34. The van der Waals surface area contributed by atoms with Crippen molar-refractivity contribution in [3.63, 3.8) is 0 Å². The molecule has 2 aromatic heterocycles. The summed E-state index contributed by atoms with van der Waals surface area (Å²) in [5, 5.41) is 7.71. The lowest BCUT2D eigenvalue weighted by Crippen LogP contribution is -2.49. The zero-order valence-electron chi connectivity index (χ0n) is 17.9. The Kier molecular flexibility index (Phi) is 7.00. The fourth-order valence-corrected chi connectivity index (χ4v) is 5.39. The van der Waals surface area contributed by atoms with Crippen molar-refractivity contribution >= 4 is 33.5 Å². The molecule has 1 N–H and O–H groups in total. The summed E-state index contributed by atoms with van der Waals surface area (Å²) in [4.78, 5) is 21.2. The minimum Gasteiger partial charge on any atom is -0.373 e. The second-order valence-electron chi connectivity index (χ2n) is 7.49. The molecule has 0 saturated carbocycles. The number of hydrogen-bond acceptors (Lipinski definition) is 8. The Balaban J connectivity index is 1.61. The molecule has 0 radical (unpaired) electrons. The summed E-state index contributed by atoms with van der Waals surface area (Å²) in [7, 11) is -3.46. The van der Waals surface area contributed by atoms with Gasteiger partial charge >= 0.3 is 0 Å². The van der Waals surface area contributed by atoms with Gasteiger partial charge in [0.15, 0.2) is 0 Å². The van der Waals surface area contributed by atoms with Crippen LogP contribution in [0.4, 0.5) is 0 Å². The Labute approximate surface area is 180 Å². The van der Waals surface area contributed by atoms with E-state index in [1.165, 1.54) is 16.1 Å². The van der Waals surface area contributed by atoms with Gasteiger partial charge in [0.2, 0.25) is 21.1 Å². The molecular weight excluding hydrogens is 428 g/mol. The Morgan fingerprint density at radius 1 is 1.23 bits per heavy atom. The van der Waals surface area contributed by atoms with Crippen molar-refractivity contribution in [1.29, 1.82) is 0 Å². The van der Waals surface area contributed by atoms with Gasteiger partial charge < -0.3 is 10.1 Å². The van der Waals surface area contributed by atoms with Crippen molar-refractivity contribution in [2.24, 2.45) is 0 Å². The molecule has 3 heterocycles. The lowest BCUT2D eigenvalue weighted by molar-refractivity contribution is -0.120. The molecule has 1 saturated heterocycles. The van der Waals surface area contributed by atoms with E-state index in [2.05, 4.69) is 20.4 Å². The first-order chi connectivity index (χ1) is 14.1. The zero-order chi connectivity index (χ0) is 22.1. The van der Waals surface area contributed by atoms with E-state index in [4.69, 9.17) is 4.74 Å². The highest BCUT2D eigenvalue weighted by Gasteiger charge is 2.30. The van der Waals surface area contributed by atoms with Gasteiger partial charge in [-0.3, -0.25) is 4.79 Å². The van der Waals surface area contributed by atoms with Gasteiger partial charge in [0.05, 0.1) is 24.4 Å². The van der Waals surface area contributed by atoms with Gasteiger partial charge in [0.25, 0.3) is 5.78 Å². The van der Waals surface area contributed by atoms with Crippen LogP contribution in [0.2, 0.25) is 0 Å². The van der Waals surface area contributed by atoms with Crippen molar-refractivity contribution in [3.05, 3.63) is 17.0 Å². The van der Waals surface area contributed by atoms with E-state index in [1.807, 2.05) is 34.0 Å². The minimum atomic E-state index is -3.46. The van der Waals surface area contributed by atoms with E-state index >= 15 is 0 Å². The largest absolute Gasteiger partial charge is 0.373 e. The van der Waals surface area contributed by atoms with Gasteiger partial charge in [0.1, 0.15) is 0 Å². The number of sulfonamides is 1. The van der Waals surface area contributed by atoms with Gasteiger partial charge in [-0.05, 0) is 34.0 Å². The number of nitrogens with one attached hydrogen (secondary N) is 1. The summed E-state index contributed by atoms with van der Waals surface area (Å²) in [6.07, 6.45) is 1.70. The second kappa shape index (κ2) is 9.16. The number of morpholine rings is 1. The number of aromatic nitrogens is 4. The summed E-state index contributed by atoms with van der Waals surface area (Å²) in [6.45, 7) is 8.12. The van der Waals surface area contributed by atoms with Crippen LogP contribution in [0.3, 0.4) is 0 Å². The van der Waals surface area contributed by atoms with Crippen LogP contribution in [0.25, 0.3) is 5.78 Å². The SMILES string of the molecule is CSc1nc2nc(C)c(CC(=O)NCCS(=O)(=O)N3CC(C)OC(C)C3)c(C)n2n1. The van der Waals surface area contributed by atoms with Crippen LogP contribution in [-0.2, 0) is 26.0 Å². The second-order valence-corrected chi connectivity index (χ2v) is 10.4. The molecule has 3 rings (SSSR count). The summed E-state index contributed by atoms with van der Waals surface area (Å²) in [5.41, 5.74) is 2.26. The van der Waals surface area contributed by atoms with Gasteiger partial charge in [-0.1, -0.05) is 11.8 Å². The lowest BCUT2D eigenvalue weighted by atomic mass is 10.1. The Hall–Kier alpha value is -1.76. The molecule has 1 fully saturated rings. The molecule has 166 valence electrons. The summed E-state index contributed by atoms with van der Waals surface area (Å²) < 4.78 is 33.8. The van der Waals surface area contributed by atoms with Crippen LogP contribution in [0, 0.1) is 13.8 Å². The summed E-state index contributed by atoms with van der Waals surface area (Å²) in [5.74, 6) is 0.0955. The predicted octanol–water partition coefficient (Wildman–Crippen LogP) is 0.561. The highest BCUT2D eigenvalue weighted by molar-refractivity contribution is 7.98. The number of carbonyl (C=O) groups is 1. The number of amides is 1. The highest BCUT2D eigenvalue weighted by atomic mass is 32.2. The predicted molar refractivity (Wildman–Crippen MR) is 114 cm³/mol. The Morgan fingerprint density at radius 2 is 1.90 bits per heavy atom. The zero-order valence-corrected chi connectivity index (χ0v) is 19.5. The minimum absolute atomic E-state index is 0.0506. The molecule has 0 spiro atoms. The smallest absolute Gasteiger partial charge is 0.253 e. The first-order valence-corrected chi connectivity index (χ1v) is 12.6. The van der Waals surface area contributed by atoms with Crippen molar-refractivity contribution < 1.29 is 17.9 Å². The molecule has 1 aliphatic rings. The molecule has 12 heteroatoms. The van der Waals surface area contributed by atoms with Crippen molar-refractivity contribution in [3.8, 4) is 0 Å². The number of thioether (sulfide) groups is 1. The molecule has 0 aliphatic carbocycles. The quantitative estimate of drug-likeness (QED) is 0.601. The maximum Gasteiger partial charge on any atom is 0.253 e. The van der Waals surface area contributed by atoms with Gasteiger partial charge in [-0.15, -0.1) is 5.10 Å². The third-order valence-electron chi connectivity index (χ3n) is 5.01. The molecule has 2 atom stereocenters. The first kappa shape index (κ1) is 22.9. The molecule has 0 aromatic carbocycles. The maximum absolute atomic E-state index is 12.6. The van der Waals surface area contributed by atoms with Crippen LogP contribution in [0.15, 0.2) is 5.16 Å². The number of ether oxygens (including phenoxy) is 1. The topological polar surface area (TPSA) is 119 Å². The third-order valence-corrected chi connectivity index (χ3v) is 7.35. The number of nitrogens with zero attached hydrogens (tertiary/aromatic N) is 5. The fourth-order valence-electron chi connectivity index (χ4n) is 3.56. The number of aryl methyl sites for hydroxylation is 2. The Bertz CT molecular complexity index is 1030. The van der Waals surface area contributed by atoms with Gasteiger partial charge in [0, 0.05) is 36.6 Å². The molecule has 30 heavy (non-hydrogen) atoms. The molecule has 1 amide bonds. The molecule has 10 nitrogen and oxygen atoms in total. The van der Waals surface area contributed by atoms with E-state index in [-0.39, 0.29) is 36.8 Å². The van der Waals surface area contributed by atoms with Crippen LogP contribution >= 0.6 is 11.8 Å². The van der Waals surface area contributed by atoms with E-state index in [0.29, 0.717) is 29.7 Å². The summed E-state index contributed by atoms with van der Waals surface area (Å²) >= 11 is 1.42. The third kappa shape index (κ3) is 5.10. The molecule has 2 aromatic rings. The maximum atomic E-state index is 12.6. The highest BCUT2D eigenvalue weighted by Crippen LogP contribution is 2.17. The van der Waals surface area contributed by atoms with E-state index in [9.17, 15) is 13.2 Å². The Morgan fingerprint density at radius 3 is 2.53 bits per heavy atom. The standard InChI is InChI=1S/C18H28N6O4S2/c1-11-9-23(10-12(2)28-11)30(26,27)7-6-19-16(25)8-15-13(3)20-17-21-18(29-5)22-24(17)14(15)4/h11-12H,6-10H2,1-5H3,(H,19,25). The molecule has 1 aliphatic heterocycles. The molecule has 0 bridgehead atoms. The van der Waals surface area contributed by atoms with Crippen molar-refractivity contribution in [1.82, 2.24) is 29.2 Å². The first-order valence-electron chi connectivity index (χ1n) is 9.77. The van der Waals surface area contributed by atoms with E-state index < -0.39 is 10.0 Å². The van der Waals surface area contributed by atoms with Crippen molar-refractivity contribution in [2.75, 3.05) is 31.6 Å². The van der Waals surface area contributed by atoms with Gasteiger partial charge in [-0.2, -0.15) is 9.29 Å². The van der Waals surface area contributed by atoms with Crippen LogP contribution in [0.5, 0.6) is 0 Å². The van der Waals surface area contributed by atoms with Gasteiger partial charge in [-0.25, -0.2) is 17.9 Å². The average molecular weight is 457 g/mol. The van der Waals surface area contributed by atoms with E-state index in [1.54, 1.807) is 4.52 Å². The van der Waals surface area contributed by atoms with Crippen LogP contribution in [-0.4, -0.2) is 82.1 Å². The number of carbonyl (C=O) groups excluding carboxylic acids is 1. The monoisotopic (exact) mass is 456 g/mol. The number of fused-ring (bicyclic) bond motifs is 1. The van der Waals surface area contributed by atoms with Crippen LogP contribution < -0.4 is 5.32 Å². The molecule has 2 unspecified atom stereocenters.